The van der Waals surface area contributed by atoms with Crippen molar-refractivity contribution >= 4 is 5.69 Å². The van der Waals surface area contributed by atoms with Gasteiger partial charge in [-0.3, -0.25) is 0 Å². The monoisotopic (exact) mass is 295 g/mol. The lowest BCUT2D eigenvalue weighted by atomic mass is 9.87. The molecular formula is C20H25NO. The molecule has 0 saturated heterocycles. The lowest BCUT2D eigenvalue weighted by molar-refractivity contribution is 0.345. The van der Waals surface area contributed by atoms with Gasteiger partial charge in [0.25, 0.3) is 0 Å². The number of anilines is 1. The second-order valence-electron chi connectivity index (χ2n) is 6.28. The highest BCUT2D eigenvalue weighted by molar-refractivity contribution is 5.81. The van der Waals surface area contributed by atoms with E-state index in [2.05, 4.69) is 17.4 Å². The fourth-order valence-electron chi connectivity index (χ4n) is 3.46. The molecule has 0 atom stereocenters. The number of hydrogen-bond acceptors (Lipinski definition) is 2. The molecule has 0 unspecified atom stereocenters. The van der Waals surface area contributed by atoms with E-state index in [9.17, 15) is 5.11 Å². The predicted molar refractivity (Wildman–Crippen MR) is 93.2 cm³/mol. The molecule has 1 saturated carbocycles. The molecule has 0 aliphatic heterocycles. The van der Waals surface area contributed by atoms with Crippen LogP contribution in [-0.4, -0.2) is 11.7 Å². The highest BCUT2D eigenvalue weighted by Crippen LogP contribution is 2.34. The molecule has 116 valence electrons. The largest absolute Gasteiger partial charge is 0.507 e. The summed E-state index contributed by atoms with van der Waals surface area (Å²) in [5.74, 6) is 1.22. The number of para-hydroxylation sites is 2. The third-order valence-corrected chi connectivity index (χ3v) is 4.71. The molecular weight excluding hydrogens is 270 g/mol. The van der Waals surface area contributed by atoms with Gasteiger partial charge in [0, 0.05) is 23.4 Å². The highest BCUT2D eigenvalue weighted by Gasteiger charge is 2.13. The quantitative estimate of drug-likeness (QED) is 0.769. The van der Waals surface area contributed by atoms with E-state index < -0.39 is 0 Å². The lowest BCUT2D eigenvalue weighted by Gasteiger charge is -2.22. The zero-order chi connectivity index (χ0) is 15.2. The van der Waals surface area contributed by atoms with Crippen LogP contribution in [0.15, 0.2) is 48.5 Å². The minimum Gasteiger partial charge on any atom is -0.507 e. The Kier molecular flexibility index (Phi) is 4.99. The van der Waals surface area contributed by atoms with Gasteiger partial charge in [0.15, 0.2) is 0 Å². The first kappa shape index (κ1) is 15.0. The van der Waals surface area contributed by atoms with E-state index >= 15 is 0 Å². The second-order valence-corrected chi connectivity index (χ2v) is 6.28. The van der Waals surface area contributed by atoms with Gasteiger partial charge < -0.3 is 10.4 Å². The molecule has 0 amide bonds. The predicted octanol–water partition coefficient (Wildman–Crippen LogP) is 5.44. The second kappa shape index (κ2) is 7.35. The van der Waals surface area contributed by atoms with Crippen molar-refractivity contribution in [3.05, 3.63) is 48.5 Å². The van der Waals surface area contributed by atoms with Gasteiger partial charge >= 0.3 is 0 Å². The Morgan fingerprint density at radius 2 is 1.55 bits per heavy atom. The van der Waals surface area contributed by atoms with Gasteiger partial charge in [-0.1, -0.05) is 68.5 Å². The average Bonchev–Trinajstić information content (AvgIpc) is 2.57. The van der Waals surface area contributed by atoms with Crippen LogP contribution in [0.4, 0.5) is 5.69 Å². The first-order valence-corrected chi connectivity index (χ1v) is 8.46. The van der Waals surface area contributed by atoms with Crippen molar-refractivity contribution in [2.45, 2.75) is 38.5 Å². The number of nitrogens with one attached hydrogen (secondary N) is 1. The van der Waals surface area contributed by atoms with Gasteiger partial charge in [-0.2, -0.15) is 0 Å². The van der Waals surface area contributed by atoms with E-state index in [1.165, 1.54) is 38.5 Å². The van der Waals surface area contributed by atoms with Crippen molar-refractivity contribution in [2.75, 3.05) is 11.9 Å². The maximum absolute atomic E-state index is 10.1. The lowest BCUT2D eigenvalue weighted by Crippen LogP contribution is -2.12. The molecule has 2 heteroatoms. The Balaban J connectivity index is 1.68. The first-order valence-electron chi connectivity index (χ1n) is 8.46. The Labute approximate surface area is 133 Å². The van der Waals surface area contributed by atoms with E-state index in [-0.39, 0.29) is 0 Å². The van der Waals surface area contributed by atoms with Crippen LogP contribution in [0.5, 0.6) is 5.75 Å². The zero-order valence-electron chi connectivity index (χ0n) is 13.1. The Hall–Kier alpha value is -1.96. The first-order chi connectivity index (χ1) is 10.8. The van der Waals surface area contributed by atoms with Crippen LogP contribution in [0.25, 0.3) is 11.1 Å². The molecule has 1 aliphatic rings. The summed E-state index contributed by atoms with van der Waals surface area (Å²) in [6.45, 7) is 1.01. The van der Waals surface area contributed by atoms with E-state index in [0.717, 1.165) is 29.3 Å². The number of benzene rings is 2. The van der Waals surface area contributed by atoms with Gasteiger partial charge in [-0.05, 0) is 24.5 Å². The summed E-state index contributed by atoms with van der Waals surface area (Å²) < 4.78 is 0. The van der Waals surface area contributed by atoms with E-state index in [1.54, 1.807) is 6.07 Å². The van der Waals surface area contributed by atoms with Crippen molar-refractivity contribution in [2.24, 2.45) is 5.92 Å². The molecule has 0 bridgehead atoms. The van der Waals surface area contributed by atoms with Gasteiger partial charge in [-0.25, -0.2) is 0 Å². The van der Waals surface area contributed by atoms with E-state index in [0.29, 0.717) is 5.75 Å². The molecule has 3 rings (SSSR count). The van der Waals surface area contributed by atoms with Crippen LogP contribution >= 0.6 is 0 Å². The minimum atomic E-state index is 0.337. The summed E-state index contributed by atoms with van der Waals surface area (Å²) in [5.41, 5.74) is 3.08. The summed E-state index contributed by atoms with van der Waals surface area (Å²) in [5, 5.41) is 13.7. The topological polar surface area (TPSA) is 32.3 Å². The molecule has 0 spiro atoms. The average molecular weight is 295 g/mol. The zero-order valence-corrected chi connectivity index (χ0v) is 13.1. The van der Waals surface area contributed by atoms with Crippen LogP contribution in [0.2, 0.25) is 0 Å². The smallest absolute Gasteiger partial charge is 0.123 e. The van der Waals surface area contributed by atoms with Crippen molar-refractivity contribution in [1.29, 1.82) is 0 Å². The van der Waals surface area contributed by atoms with Crippen LogP contribution in [0.1, 0.15) is 38.5 Å². The molecule has 1 aliphatic carbocycles. The van der Waals surface area contributed by atoms with Gasteiger partial charge in [0.05, 0.1) is 0 Å². The Bertz CT molecular complexity index is 602. The molecule has 2 N–H and O–H groups in total. The third kappa shape index (κ3) is 3.62. The molecule has 2 aromatic rings. The number of phenolic OH excluding ortho intramolecular Hbond substituents is 1. The summed E-state index contributed by atoms with van der Waals surface area (Å²) >= 11 is 0. The van der Waals surface area contributed by atoms with Crippen molar-refractivity contribution in [1.82, 2.24) is 0 Å². The van der Waals surface area contributed by atoms with Gasteiger partial charge in [0.2, 0.25) is 0 Å². The molecule has 2 nitrogen and oxygen atoms in total. The third-order valence-electron chi connectivity index (χ3n) is 4.71. The van der Waals surface area contributed by atoms with Crippen molar-refractivity contribution < 1.29 is 5.11 Å². The fourth-order valence-corrected chi connectivity index (χ4v) is 3.46. The van der Waals surface area contributed by atoms with E-state index in [4.69, 9.17) is 0 Å². The molecule has 22 heavy (non-hydrogen) atoms. The fraction of sp³-hybridized carbons (Fsp3) is 0.400. The molecule has 2 aromatic carbocycles. The van der Waals surface area contributed by atoms with Gasteiger partial charge in [-0.15, -0.1) is 0 Å². The van der Waals surface area contributed by atoms with Crippen LogP contribution in [-0.2, 0) is 0 Å². The van der Waals surface area contributed by atoms with Crippen LogP contribution in [0, 0.1) is 5.92 Å². The summed E-state index contributed by atoms with van der Waals surface area (Å²) in [4.78, 5) is 0. The number of aromatic hydroxyl groups is 1. The van der Waals surface area contributed by atoms with Gasteiger partial charge in [0.1, 0.15) is 5.75 Å². The summed E-state index contributed by atoms with van der Waals surface area (Å²) in [6.07, 6.45) is 8.25. The minimum absolute atomic E-state index is 0.337. The Morgan fingerprint density at radius 3 is 2.32 bits per heavy atom. The molecule has 0 aromatic heterocycles. The highest BCUT2D eigenvalue weighted by atomic mass is 16.3. The van der Waals surface area contributed by atoms with Crippen molar-refractivity contribution in [3.8, 4) is 16.9 Å². The number of phenols is 1. The van der Waals surface area contributed by atoms with Crippen molar-refractivity contribution in [3.63, 3.8) is 0 Å². The summed E-state index contributed by atoms with van der Waals surface area (Å²) in [7, 11) is 0. The summed E-state index contributed by atoms with van der Waals surface area (Å²) in [6, 6.07) is 15.8. The normalized spacial score (nSPS) is 15.6. The van der Waals surface area contributed by atoms with E-state index in [1.807, 2.05) is 30.3 Å². The molecule has 0 heterocycles. The van der Waals surface area contributed by atoms with Crippen LogP contribution in [0.3, 0.4) is 0 Å². The standard InChI is InChI=1S/C20H25NO/c22-20-13-7-5-11-18(20)17-10-4-6-12-19(17)21-15-14-16-8-2-1-3-9-16/h4-7,10-13,16,21-22H,1-3,8-9,14-15H2. The molecule has 0 radical (unpaired) electrons. The maximum Gasteiger partial charge on any atom is 0.123 e. The SMILES string of the molecule is Oc1ccccc1-c1ccccc1NCCC1CCCCC1. The maximum atomic E-state index is 10.1. The van der Waals surface area contributed by atoms with Crippen LogP contribution < -0.4 is 5.32 Å². The molecule has 1 fully saturated rings. The Morgan fingerprint density at radius 1 is 0.864 bits per heavy atom. The number of hydrogen-bond donors (Lipinski definition) is 2. The number of rotatable bonds is 5.